The summed E-state index contributed by atoms with van der Waals surface area (Å²) in [6.45, 7) is 0.427. The van der Waals surface area contributed by atoms with E-state index in [2.05, 4.69) is 10.5 Å². The fourth-order valence-corrected chi connectivity index (χ4v) is 2.88. The lowest BCUT2D eigenvalue weighted by atomic mass is 10.2. The Morgan fingerprint density at radius 1 is 0.958 bits per heavy atom. The van der Waals surface area contributed by atoms with Crippen LogP contribution in [0, 0.1) is 0 Å². The van der Waals surface area contributed by atoms with Crippen LogP contribution in [0.2, 0.25) is 15.1 Å². The van der Waals surface area contributed by atoms with Gasteiger partial charge in [-0.05, 0) is 36.4 Å². The van der Waals surface area contributed by atoms with Gasteiger partial charge in [0.1, 0.15) is 11.5 Å². The van der Waals surface area contributed by atoms with Crippen LogP contribution in [-0.2, 0) is 6.54 Å². The first-order chi connectivity index (χ1) is 11.6. The van der Waals surface area contributed by atoms with E-state index in [1.165, 1.54) is 0 Å². The number of hydrogen-bond donors (Lipinski definition) is 1. The van der Waals surface area contributed by atoms with Gasteiger partial charge in [0.05, 0.1) is 12.8 Å². The lowest BCUT2D eigenvalue weighted by Crippen LogP contribution is -2.06. The normalized spacial score (nSPS) is 11.1. The fourth-order valence-electron chi connectivity index (χ4n) is 2.15. The summed E-state index contributed by atoms with van der Waals surface area (Å²) in [5, 5.41) is 6.00. The molecule has 0 radical (unpaired) electrons. The molecule has 0 amide bonds. The summed E-state index contributed by atoms with van der Waals surface area (Å²) < 4.78 is 5.72. The van der Waals surface area contributed by atoms with Gasteiger partial charge in [0.15, 0.2) is 0 Å². The Hall–Kier alpha value is -1.94. The van der Waals surface area contributed by atoms with Gasteiger partial charge in [-0.25, -0.2) is 0 Å². The summed E-state index contributed by atoms with van der Waals surface area (Å²) in [6, 6.07) is 16.6. The first kappa shape index (κ1) is 16.9. The second kappa shape index (κ2) is 7.75. The predicted octanol–water partition coefficient (Wildman–Crippen LogP) is 6.03. The Kier molecular flexibility index (Phi) is 5.46. The minimum Gasteiger partial charge on any atom is -0.455 e. The third kappa shape index (κ3) is 4.12. The van der Waals surface area contributed by atoms with E-state index in [0.29, 0.717) is 27.4 Å². The smallest absolute Gasteiger partial charge is 0.147 e. The predicted molar refractivity (Wildman–Crippen MR) is 100 cm³/mol. The van der Waals surface area contributed by atoms with E-state index in [-0.39, 0.29) is 0 Å². The number of nitrogens with zero attached hydrogens (tertiary/aromatic N) is 1. The zero-order valence-electron chi connectivity index (χ0n) is 12.5. The van der Waals surface area contributed by atoms with Gasteiger partial charge in [-0.3, -0.25) is 0 Å². The molecule has 1 heterocycles. The van der Waals surface area contributed by atoms with Crippen molar-refractivity contribution >= 4 is 41.0 Å². The minimum atomic E-state index is 0.427. The van der Waals surface area contributed by atoms with Gasteiger partial charge in [0, 0.05) is 26.2 Å². The van der Waals surface area contributed by atoms with E-state index in [1.807, 2.05) is 36.4 Å². The van der Waals surface area contributed by atoms with Gasteiger partial charge in [-0.2, -0.15) is 5.10 Å². The summed E-state index contributed by atoms with van der Waals surface area (Å²) in [5.41, 5.74) is 4.63. The highest BCUT2D eigenvalue weighted by Gasteiger charge is 2.05. The fraction of sp³-hybridized carbons (Fsp3) is 0.0556. The minimum absolute atomic E-state index is 0.427. The molecule has 0 spiro atoms. The average molecular weight is 380 g/mol. The lowest BCUT2D eigenvalue weighted by Gasteiger charge is -2.05. The summed E-state index contributed by atoms with van der Waals surface area (Å²) in [6.07, 6.45) is 1.60. The van der Waals surface area contributed by atoms with Crippen LogP contribution >= 0.6 is 34.8 Å². The lowest BCUT2D eigenvalue weighted by molar-refractivity contribution is 0.573. The van der Waals surface area contributed by atoms with Gasteiger partial charge < -0.3 is 9.84 Å². The molecule has 2 aromatic carbocycles. The van der Waals surface area contributed by atoms with Gasteiger partial charge >= 0.3 is 0 Å². The van der Waals surface area contributed by atoms with Crippen LogP contribution in [-0.4, -0.2) is 6.21 Å². The summed E-state index contributed by atoms with van der Waals surface area (Å²) in [5.74, 6) is 1.36. The molecule has 0 fully saturated rings. The highest BCUT2D eigenvalue weighted by molar-refractivity contribution is 6.36. The highest BCUT2D eigenvalue weighted by atomic mass is 35.5. The number of hydrogen-bond acceptors (Lipinski definition) is 3. The molecule has 0 aliphatic heterocycles. The second-order valence-electron chi connectivity index (χ2n) is 5.01. The van der Waals surface area contributed by atoms with Gasteiger partial charge in [-0.15, -0.1) is 0 Å². The molecule has 122 valence electrons. The molecule has 3 aromatic rings. The third-order valence-electron chi connectivity index (χ3n) is 3.34. The van der Waals surface area contributed by atoms with Crippen molar-refractivity contribution in [2.45, 2.75) is 6.54 Å². The third-order valence-corrected chi connectivity index (χ3v) is 4.28. The summed E-state index contributed by atoms with van der Waals surface area (Å²) >= 11 is 18.2. The Labute approximate surface area is 154 Å². The molecule has 0 saturated carbocycles. The van der Waals surface area contributed by atoms with Crippen LogP contribution in [0.5, 0.6) is 0 Å². The van der Waals surface area contributed by atoms with Crippen LogP contribution in [0.4, 0.5) is 0 Å². The average Bonchev–Trinajstić information content (AvgIpc) is 3.03. The topological polar surface area (TPSA) is 37.5 Å². The van der Waals surface area contributed by atoms with E-state index >= 15 is 0 Å². The largest absolute Gasteiger partial charge is 0.455 e. The van der Waals surface area contributed by atoms with Gasteiger partial charge in [0.25, 0.3) is 0 Å². The summed E-state index contributed by atoms with van der Waals surface area (Å²) in [4.78, 5) is 0. The van der Waals surface area contributed by atoms with Crippen molar-refractivity contribution in [3.8, 4) is 11.3 Å². The Morgan fingerprint density at radius 2 is 1.71 bits per heavy atom. The number of benzene rings is 2. The van der Waals surface area contributed by atoms with E-state index in [0.717, 1.165) is 16.9 Å². The Balaban J connectivity index is 1.64. The standard InChI is InChI=1S/C18H13Cl3N2O/c19-13-4-1-3-12(9-13)18-8-7-14(24-18)10-22-23-11-15-16(20)5-2-6-17(15)21/h1-10,23H,11H2/b22-10-. The molecule has 0 saturated heterocycles. The molecule has 6 heteroatoms. The molecule has 0 unspecified atom stereocenters. The molecule has 0 bridgehead atoms. The Bertz CT molecular complexity index is 854. The van der Waals surface area contributed by atoms with Crippen molar-refractivity contribution in [2.24, 2.45) is 5.10 Å². The van der Waals surface area contributed by atoms with Crippen molar-refractivity contribution in [3.63, 3.8) is 0 Å². The maximum absolute atomic E-state index is 6.10. The maximum Gasteiger partial charge on any atom is 0.147 e. The molecule has 3 nitrogen and oxygen atoms in total. The van der Waals surface area contributed by atoms with E-state index in [4.69, 9.17) is 39.2 Å². The monoisotopic (exact) mass is 378 g/mol. The number of furan rings is 1. The van der Waals surface area contributed by atoms with E-state index < -0.39 is 0 Å². The van der Waals surface area contributed by atoms with Crippen molar-refractivity contribution in [2.75, 3.05) is 0 Å². The van der Waals surface area contributed by atoms with Gasteiger partial charge in [-0.1, -0.05) is 53.0 Å². The quantitative estimate of drug-likeness (QED) is 0.434. The SMILES string of the molecule is Clc1cccc(-c2ccc(/C=N\NCc3c(Cl)cccc3Cl)o2)c1. The number of hydrazone groups is 1. The number of halogens is 3. The van der Waals surface area contributed by atoms with Crippen LogP contribution in [0.25, 0.3) is 11.3 Å². The number of rotatable bonds is 5. The van der Waals surface area contributed by atoms with Crippen LogP contribution < -0.4 is 5.43 Å². The van der Waals surface area contributed by atoms with Crippen molar-refractivity contribution in [3.05, 3.63) is 81.0 Å². The highest BCUT2D eigenvalue weighted by Crippen LogP contribution is 2.25. The molecule has 24 heavy (non-hydrogen) atoms. The van der Waals surface area contributed by atoms with E-state index in [1.54, 1.807) is 24.4 Å². The first-order valence-corrected chi connectivity index (χ1v) is 8.31. The van der Waals surface area contributed by atoms with Crippen molar-refractivity contribution in [1.29, 1.82) is 0 Å². The molecular weight excluding hydrogens is 367 g/mol. The molecular formula is C18H13Cl3N2O. The molecule has 0 aliphatic carbocycles. The van der Waals surface area contributed by atoms with Crippen molar-refractivity contribution in [1.82, 2.24) is 5.43 Å². The zero-order chi connectivity index (χ0) is 16.9. The van der Waals surface area contributed by atoms with Crippen LogP contribution in [0.3, 0.4) is 0 Å². The van der Waals surface area contributed by atoms with Crippen LogP contribution in [0.1, 0.15) is 11.3 Å². The molecule has 3 rings (SSSR count). The molecule has 1 aromatic heterocycles. The second-order valence-corrected chi connectivity index (χ2v) is 6.26. The van der Waals surface area contributed by atoms with Crippen LogP contribution in [0.15, 0.2) is 64.1 Å². The van der Waals surface area contributed by atoms with E-state index in [9.17, 15) is 0 Å². The molecule has 1 N–H and O–H groups in total. The molecule has 0 atom stereocenters. The summed E-state index contributed by atoms with van der Waals surface area (Å²) in [7, 11) is 0. The Morgan fingerprint density at radius 3 is 2.46 bits per heavy atom. The first-order valence-electron chi connectivity index (χ1n) is 7.18. The maximum atomic E-state index is 6.10. The zero-order valence-corrected chi connectivity index (χ0v) is 14.7. The number of nitrogens with one attached hydrogen (secondary N) is 1. The van der Waals surface area contributed by atoms with Gasteiger partial charge in [0.2, 0.25) is 0 Å². The van der Waals surface area contributed by atoms with Crippen molar-refractivity contribution < 1.29 is 4.42 Å². The molecule has 0 aliphatic rings.